The zero-order valence-corrected chi connectivity index (χ0v) is 10.4. The number of rotatable bonds is 4. The van der Waals surface area contributed by atoms with Gasteiger partial charge in [-0.3, -0.25) is 0 Å². The molecule has 1 aromatic rings. The Bertz CT molecular complexity index is 380. The average Bonchev–Trinajstić information content (AvgIpc) is 2.26. The van der Waals surface area contributed by atoms with Crippen molar-refractivity contribution in [2.45, 2.75) is 12.8 Å². The molecule has 3 heteroatoms. The molecule has 0 atom stereocenters. The van der Waals surface area contributed by atoms with Gasteiger partial charge in [-0.1, -0.05) is 0 Å². The third-order valence-electron chi connectivity index (χ3n) is 2.09. The van der Waals surface area contributed by atoms with Gasteiger partial charge in [-0.05, 0) is 40.0 Å². The zero-order chi connectivity index (χ0) is 11.3. The lowest BCUT2D eigenvalue weighted by molar-refractivity contribution is 0.396. The Kier molecular flexibility index (Phi) is 4.51. The molecule has 1 aromatic carbocycles. The third-order valence-corrected chi connectivity index (χ3v) is 2.71. The molecule has 0 amide bonds. The van der Waals surface area contributed by atoms with Gasteiger partial charge in [0.25, 0.3) is 0 Å². The van der Waals surface area contributed by atoms with Crippen LogP contribution in [0.3, 0.4) is 0 Å². The number of halogens is 1. The highest BCUT2D eigenvalue weighted by molar-refractivity contribution is 9.10. The summed E-state index contributed by atoms with van der Waals surface area (Å²) in [7, 11) is 3.28. The van der Waals surface area contributed by atoms with E-state index < -0.39 is 0 Å². The molecule has 0 aliphatic rings. The number of aryl methyl sites for hydroxylation is 1. The molecule has 0 saturated heterocycles. The second-order valence-corrected chi connectivity index (χ2v) is 3.86. The van der Waals surface area contributed by atoms with Crippen LogP contribution in [-0.4, -0.2) is 14.2 Å². The van der Waals surface area contributed by atoms with Crippen molar-refractivity contribution in [3.05, 3.63) is 22.2 Å². The van der Waals surface area contributed by atoms with Crippen molar-refractivity contribution < 1.29 is 9.47 Å². The number of hydrogen-bond acceptors (Lipinski definition) is 2. The topological polar surface area (TPSA) is 18.5 Å². The van der Waals surface area contributed by atoms with E-state index in [2.05, 4.69) is 21.9 Å². The first-order valence-corrected chi connectivity index (χ1v) is 5.36. The first-order valence-electron chi connectivity index (χ1n) is 4.56. The Morgan fingerprint density at radius 3 is 2.47 bits per heavy atom. The first-order chi connectivity index (χ1) is 7.22. The predicted octanol–water partition coefficient (Wildman–Crippen LogP) is 3.03. The quantitative estimate of drug-likeness (QED) is 0.782. The summed E-state index contributed by atoms with van der Waals surface area (Å²) in [6.45, 7) is 0. The van der Waals surface area contributed by atoms with Crippen LogP contribution in [0.2, 0.25) is 0 Å². The smallest absolute Gasteiger partial charge is 0.133 e. The molecule has 0 unspecified atom stereocenters. The molecule has 0 bridgehead atoms. The van der Waals surface area contributed by atoms with Crippen LogP contribution in [-0.2, 0) is 6.42 Å². The van der Waals surface area contributed by atoms with E-state index in [0.717, 1.165) is 28.0 Å². The summed E-state index contributed by atoms with van der Waals surface area (Å²) in [6, 6.07) is 3.84. The van der Waals surface area contributed by atoms with Gasteiger partial charge in [0.1, 0.15) is 11.5 Å². The number of ether oxygens (including phenoxy) is 2. The van der Waals surface area contributed by atoms with Crippen LogP contribution in [0.25, 0.3) is 0 Å². The lowest BCUT2D eigenvalue weighted by Gasteiger charge is -2.11. The second-order valence-electron chi connectivity index (χ2n) is 3.00. The molecule has 0 N–H and O–H groups in total. The summed E-state index contributed by atoms with van der Waals surface area (Å²) < 4.78 is 11.4. The van der Waals surface area contributed by atoms with Crippen LogP contribution < -0.4 is 9.47 Å². The van der Waals surface area contributed by atoms with Gasteiger partial charge in [0.05, 0.1) is 18.7 Å². The van der Waals surface area contributed by atoms with Crippen molar-refractivity contribution in [2.24, 2.45) is 0 Å². The van der Waals surface area contributed by atoms with E-state index in [4.69, 9.17) is 15.9 Å². The summed E-state index contributed by atoms with van der Waals surface area (Å²) in [5.41, 5.74) is 1.07. The van der Waals surface area contributed by atoms with E-state index in [-0.39, 0.29) is 0 Å². The molecule has 0 aliphatic heterocycles. The summed E-state index contributed by atoms with van der Waals surface area (Å²) in [5, 5.41) is 0. The van der Waals surface area contributed by atoms with Crippen LogP contribution in [0.4, 0.5) is 0 Å². The number of hydrogen-bond donors (Lipinski definition) is 0. The molecule has 0 aliphatic carbocycles. The largest absolute Gasteiger partial charge is 0.496 e. The van der Waals surface area contributed by atoms with Crippen LogP contribution >= 0.6 is 15.9 Å². The second kappa shape index (κ2) is 5.67. The van der Waals surface area contributed by atoms with E-state index in [1.807, 2.05) is 12.1 Å². The van der Waals surface area contributed by atoms with Crippen LogP contribution in [0.1, 0.15) is 12.0 Å². The molecule has 2 nitrogen and oxygen atoms in total. The molecule has 1 rings (SSSR count). The lowest BCUT2D eigenvalue weighted by atomic mass is 10.1. The summed E-state index contributed by atoms with van der Waals surface area (Å²) in [4.78, 5) is 0. The minimum absolute atomic E-state index is 0.696. The lowest BCUT2D eigenvalue weighted by Crippen LogP contribution is -1.94. The Morgan fingerprint density at radius 2 is 1.93 bits per heavy atom. The number of terminal acetylenes is 1. The third kappa shape index (κ3) is 2.90. The van der Waals surface area contributed by atoms with E-state index in [9.17, 15) is 0 Å². The average molecular weight is 269 g/mol. The van der Waals surface area contributed by atoms with Gasteiger partial charge < -0.3 is 9.47 Å². The first kappa shape index (κ1) is 11.9. The van der Waals surface area contributed by atoms with Crippen LogP contribution in [0, 0.1) is 12.3 Å². The minimum atomic E-state index is 0.696. The standard InChI is InChI=1S/C12H13BrO2/c1-4-5-6-9-7-12(15-3)10(13)8-11(9)14-2/h1,7-8H,5-6H2,2-3H3. The van der Waals surface area contributed by atoms with E-state index in [0.29, 0.717) is 6.42 Å². The molecule has 15 heavy (non-hydrogen) atoms. The Hall–Kier alpha value is -1.14. The molecule has 0 aromatic heterocycles. The van der Waals surface area contributed by atoms with Crippen molar-refractivity contribution in [3.63, 3.8) is 0 Å². The maximum atomic E-state index is 5.27. The number of benzene rings is 1. The molecule has 0 heterocycles. The Morgan fingerprint density at radius 1 is 1.27 bits per heavy atom. The highest BCUT2D eigenvalue weighted by atomic mass is 79.9. The van der Waals surface area contributed by atoms with Gasteiger partial charge in [0.2, 0.25) is 0 Å². The maximum absolute atomic E-state index is 5.27. The molecule has 0 saturated carbocycles. The molecular weight excluding hydrogens is 256 g/mol. The summed E-state index contributed by atoms with van der Waals surface area (Å²) >= 11 is 3.41. The predicted molar refractivity (Wildman–Crippen MR) is 64.4 cm³/mol. The van der Waals surface area contributed by atoms with Crippen LogP contribution in [0.5, 0.6) is 11.5 Å². The van der Waals surface area contributed by atoms with Gasteiger partial charge in [-0.25, -0.2) is 0 Å². The SMILES string of the molecule is C#CCCc1cc(OC)c(Br)cc1OC. The molecule has 0 radical (unpaired) electrons. The highest BCUT2D eigenvalue weighted by Gasteiger charge is 2.08. The van der Waals surface area contributed by atoms with Gasteiger partial charge in [-0.2, -0.15) is 0 Å². The molecular formula is C12H13BrO2. The Labute approximate surface area is 98.7 Å². The van der Waals surface area contributed by atoms with E-state index >= 15 is 0 Å². The van der Waals surface area contributed by atoms with Crippen molar-refractivity contribution in [1.29, 1.82) is 0 Å². The molecule has 80 valence electrons. The van der Waals surface area contributed by atoms with Crippen molar-refractivity contribution in [1.82, 2.24) is 0 Å². The van der Waals surface area contributed by atoms with Crippen molar-refractivity contribution in [3.8, 4) is 23.8 Å². The van der Waals surface area contributed by atoms with Crippen molar-refractivity contribution >= 4 is 15.9 Å². The fraction of sp³-hybridized carbons (Fsp3) is 0.333. The monoisotopic (exact) mass is 268 g/mol. The van der Waals surface area contributed by atoms with E-state index in [1.54, 1.807) is 14.2 Å². The highest BCUT2D eigenvalue weighted by Crippen LogP contribution is 2.33. The normalized spacial score (nSPS) is 9.47. The van der Waals surface area contributed by atoms with E-state index in [1.165, 1.54) is 0 Å². The molecule has 0 fully saturated rings. The summed E-state index contributed by atoms with van der Waals surface area (Å²) in [5.74, 6) is 4.24. The zero-order valence-electron chi connectivity index (χ0n) is 8.84. The van der Waals surface area contributed by atoms with Gasteiger partial charge in [0.15, 0.2) is 0 Å². The minimum Gasteiger partial charge on any atom is -0.496 e. The van der Waals surface area contributed by atoms with Crippen molar-refractivity contribution in [2.75, 3.05) is 14.2 Å². The molecule has 0 spiro atoms. The fourth-order valence-electron chi connectivity index (χ4n) is 1.33. The van der Waals surface area contributed by atoms with Gasteiger partial charge in [0, 0.05) is 6.42 Å². The van der Waals surface area contributed by atoms with Crippen LogP contribution in [0.15, 0.2) is 16.6 Å². The number of methoxy groups -OCH3 is 2. The maximum Gasteiger partial charge on any atom is 0.133 e. The van der Waals surface area contributed by atoms with Gasteiger partial charge in [-0.15, -0.1) is 12.3 Å². The Balaban J connectivity index is 3.06. The summed E-state index contributed by atoms with van der Waals surface area (Å²) in [6.07, 6.45) is 6.73. The fourth-order valence-corrected chi connectivity index (χ4v) is 1.81. The van der Waals surface area contributed by atoms with Gasteiger partial charge >= 0.3 is 0 Å².